The third kappa shape index (κ3) is 5.78. The van der Waals surface area contributed by atoms with Gasteiger partial charge in [-0.15, -0.1) is 0 Å². The van der Waals surface area contributed by atoms with Crippen molar-refractivity contribution in [1.82, 2.24) is 9.44 Å². The summed E-state index contributed by atoms with van der Waals surface area (Å²) in [7, 11) is 0.212. The fraction of sp³-hybridized carbons (Fsp3) is 0.286. The van der Waals surface area contributed by atoms with Gasteiger partial charge in [-0.3, -0.25) is 0 Å². The van der Waals surface area contributed by atoms with Gasteiger partial charge in [0.15, 0.2) is 0 Å². The lowest BCUT2D eigenvalue weighted by Gasteiger charge is -2.17. The van der Waals surface area contributed by atoms with Crippen LogP contribution in [0.4, 0.5) is 11.4 Å². The summed E-state index contributed by atoms with van der Waals surface area (Å²) in [5, 5.41) is 3.04. The Hall–Kier alpha value is -3.18. The summed E-state index contributed by atoms with van der Waals surface area (Å²) in [5.74, 6) is 0. The van der Waals surface area contributed by atoms with Crippen molar-refractivity contribution in [3.05, 3.63) is 72.8 Å². The normalized spacial score (nSPS) is 12.2. The quantitative estimate of drug-likeness (QED) is 0.270. The average molecular weight is 555 g/mol. The first-order valence-corrected chi connectivity index (χ1v) is 15.4. The highest BCUT2D eigenvalue weighted by molar-refractivity contribution is 7.90. The van der Waals surface area contributed by atoms with Gasteiger partial charge in [0, 0.05) is 74.2 Å². The second-order valence-electron chi connectivity index (χ2n) is 9.55. The highest BCUT2D eigenvalue weighted by Gasteiger charge is 2.19. The number of hydrogen-bond donors (Lipinski definition) is 2. The average Bonchev–Trinajstić information content (AvgIpc) is 2.88. The minimum atomic E-state index is -3.73. The zero-order chi connectivity index (χ0) is 27.5. The summed E-state index contributed by atoms with van der Waals surface area (Å²) < 4.78 is 57.6. The van der Waals surface area contributed by atoms with Gasteiger partial charge in [0.2, 0.25) is 20.0 Å². The first kappa shape index (κ1) is 27.8. The molecule has 0 unspecified atom stereocenters. The van der Waals surface area contributed by atoms with Crippen LogP contribution in [-0.4, -0.2) is 58.1 Å². The maximum Gasteiger partial charge on any atom is 0.241 e. The molecular weight excluding hydrogens is 520 g/mol. The minimum absolute atomic E-state index is 0.203. The third-order valence-corrected chi connectivity index (χ3v) is 9.49. The predicted octanol–water partition coefficient (Wildman–Crippen LogP) is 4.16. The molecule has 0 spiro atoms. The molecule has 4 aromatic carbocycles. The molecule has 2 N–H and O–H groups in total. The Balaban J connectivity index is 1.38. The number of nitrogens with one attached hydrogen (secondary N) is 2. The molecule has 4 rings (SSSR count). The molecule has 10 heteroatoms. The van der Waals surface area contributed by atoms with E-state index in [1.165, 1.54) is 0 Å². The molecule has 0 saturated heterocycles. The van der Waals surface area contributed by atoms with Crippen molar-refractivity contribution in [2.75, 3.05) is 51.1 Å². The van der Waals surface area contributed by atoms with Crippen molar-refractivity contribution >= 4 is 53.0 Å². The van der Waals surface area contributed by atoms with Crippen molar-refractivity contribution < 1.29 is 16.8 Å². The fourth-order valence-corrected chi connectivity index (χ4v) is 7.18. The van der Waals surface area contributed by atoms with Gasteiger partial charge >= 0.3 is 0 Å². The van der Waals surface area contributed by atoms with Crippen LogP contribution in [0.1, 0.15) is 12.8 Å². The molecule has 0 aliphatic carbocycles. The van der Waals surface area contributed by atoms with E-state index in [0.29, 0.717) is 23.6 Å². The Kier molecular flexibility index (Phi) is 8.27. The van der Waals surface area contributed by atoms with E-state index in [9.17, 15) is 16.8 Å². The number of unbranched alkanes of at least 4 members (excludes halogenated alkanes) is 1. The maximum absolute atomic E-state index is 13.1. The summed E-state index contributed by atoms with van der Waals surface area (Å²) in [6.45, 7) is 0.405. The third-order valence-electron chi connectivity index (χ3n) is 6.45. The molecule has 0 saturated carbocycles. The van der Waals surface area contributed by atoms with Crippen LogP contribution < -0.4 is 19.2 Å². The standard InChI is InChI=1S/C28H34N4O4S2/c1-31(2)25-15-7-13-23-21(25)11-9-17-27(23)37(33,34)29-19-5-6-20-30-38(35,36)28-18-10-12-22-24(28)14-8-16-26(22)32(3)4/h7-18,29-30H,5-6,19-20H2,1-4H3. The van der Waals surface area contributed by atoms with Gasteiger partial charge in [0.1, 0.15) is 0 Å². The van der Waals surface area contributed by atoms with Crippen LogP contribution in [0.15, 0.2) is 82.6 Å². The molecule has 0 radical (unpaired) electrons. The van der Waals surface area contributed by atoms with Gasteiger partial charge in [0.05, 0.1) is 9.79 Å². The SMILES string of the molecule is CN(C)c1cccc2c(S(=O)(=O)NCCCCNS(=O)(=O)c3cccc4c(N(C)C)cccc34)cccc12. The zero-order valence-electron chi connectivity index (χ0n) is 22.1. The first-order chi connectivity index (χ1) is 18.0. The summed E-state index contributed by atoms with van der Waals surface area (Å²) in [6, 6.07) is 21.7. The van der Waals surface area contributed by atoms with E-state index < -0.39 is 20.0 Å². The molecule has 4 aromatic rings. The molecule has 0 heterocycles. The van der Waals surface area contributed by atoms with Gasteiger partial charge in [-0.05, 0) is 37.1 Å². The Morgan fingerprint density at radius 3 is 1.24 bits per heavy atom. The van der Waals surface area contributed by atoms with E-state index in [1.54, 1.807) is 36.4 Å². The van der Waals surface area contributed by atoms with Crippen molar-refractivity contribution in [2.45, 2.75) is 22.6 Å². The number of fused-ring (bicyclic) bond motifs is 2. The van der Waals surface area contributed by atoms with Crippen LogP contribution in [-0.2, 0) is 20.0 Å². The van der Waals surface area contributed by atoms with Crippen LogP contribution in [0, 0.1) is 0 Å². The molecular formula is C28H34N4O4S2. The number of benzene rings is 4. The van der Waals surface area contributed by atoms with E-state index in [-0.39, 0.29) is 22.9 Å². The minimum Gasteiger partial charge on any atom is -0.377 e. The van der Waals surface area contributed by atoms with Crippen LogP contribution in [0.25, 0.3) is 21.5 Å². The predicted molar refractivity (Wildman–Crippen MR) is 156 cm³/mol. The lowest BCUT2D eigenvalue weighted by Crippen LogP contribution is -2.28. The van der Waals surface area contributed by atoms with Gasteiger partial charge in [-0.1, -0.05) is 48.5 Å². The lowest BCUT2D eigenvalue weighted by atomic mass is 10.1. The monoisotopic (exact) mass is 554 g/mol. The van der Waals surface area contributed by atoms with Gasteiger partial charge in [0.25, 0.3) is 0 Å². The Labute approximate surface area is 225 Å². The number of nitrogens with zero attached hydrogens (tertiary/aromatic N) is 2. The Morgan fingerprint density at radius 2 is 0.868 bits per heavy atom. The summed E-state index contributed by atoms with van der Waals surface area (Å²) >= 11 is 0. The number of anilines is 2. The molecule has 0 amide bonds. The zero-order valence-corrected chi connectivity index (χ0v) is 23.7. The van der Waals surface area contributed by atoms with E-state index in [1.807, 2.05) is 74.4 Å². The summed E-state index contributed by atoms with van der Waals surface area (Å²) in [5.41, 5.74) is 1.88. The van der Waals surface area contributed by atoms with Crippen molar-refractivity contribution in [2.24, 2.45) is 0 Å². The van der Waals surface area contributed by atoms with Crippen molar-refractivity contribution in [3.8, 4) is 0 Å². The van der Waals surface area contributed by atoms with Crippen molar-refractivity contribution in [3.63, 3.8) is 0 Å². The molecule has 0 aromatic heterocycles. The number of hydrogen-bond acceptors (Lipinski definition) is 6. The van der Waals surface area contributed by atoms with Crippen LogP contribution >= 0.6 is 0 Å². The van der Waals surface area contributed by atoms with Crippen LogP contribution in [0.3, 0.4) is 0 Å². The lowest BCUT2D eigenvalue weighted by molar-refractivity contribution is 0.568. The second-order valence-corrected chi connectivity index (χ2v) is 13.0. The molecule has 0 fully saturated rings. The molecule has 202 valence electrons. The maximum atomic E-state index is 13.1. The van der Waals surface area contributed by atoms with Crippen LogP contribution in [0.5, 0.6) is 0 Å². The molecule has 38 heavy (non-hydrogen) atoms. The fourth-order valence-electron chi connectivity index (χ4n) is 4.60. The van der Waals surface area contributed by atoms with Gasteiger partial charge < -0.3 is 9.80 Å². The molecule has 0 aliphatic rings. The molecule has 8 nitrogen and oxygen atoms in total. The smallest absolute Gasteiger partial charge is 0.241 e. The highest BCUT2D eigenvalue weighted by atomic mass is 32.2. The van der Waals surface area contributed by atoms with E-state index >= 15 is 0 Å². The largest absolute Gasteiger partial charge is 0.377 e. The van der Waals surface area contributed by atoms with E-state index in [2.05, 4.69) is 9.44 Å². The number of rotatable bonds is 11. The van der Waals surface area contributed by atoms with E-state index in [4.69, 9.17) is 0 Å². The summed E-state index contributed by atoms with van der Waals surface area (Å²) in [4.78, 5) is 4.36. The van der Waals surface area contributed by atoms with Gasteiger partial charge in [-0.2, -0.15) is 0 Å². The Morgan fingerprint density at radius 1 is 0.526 bits per heavy atom. The number of sulfonamides is 2. The van der Waals surface area contributed by atoms with Gasteiger partial charge in [-0.25, -0.2) is 26.3 Å². The Bertz CT molecular complexity index is 1540. The van der Waals surface area contributed by atoms with E-state index in [0.717, 1.165) is 22.1 Å². The summed E-state index contributed by atoms with van der Waals surface area (Å²) in [6.07, 6.45) is 0.964. The second kappa shape index (κ2) is 11.3. The first-order valence-electron chi connectivity index (χ1n) is 12.4. The topological polar surface area (TPSA) is 98.8 Å². The highest BCUT2D eigenvalue weighted by Crippen LogP contribution is 2.31. The molecule has 0 atom stereocenters. The van der Waals surface area contributed by atoms with Crippen molar-refractivity contribution in [1.29, 1.82) is 0 Å². The molecule has 0 aliphatic heterocycles. The van der Waals surface area contributed by atoms with Crippen LogP contribution in [0.2, 0.25) is 0 Å². The molecule has 0 bridgehead atoms.